The molecule has 9 nitrogen and oxygen atoms in total. The lowest BCUT2D eigenvalue weighted by atomic mass is 10.0. The first-order chi connectivity index (χ1) is 18.1. The van der Waals surface area contributed by atoms with Crippen molar-refractivity contribution in [2.45, 2.75) is 38.3 Å². The summed E-state index contributed by atoms with van der Waals surface area (Å²) in [6.07, 6.45) is 4.84. The Balaban J connectivity index is 1.09. The van der Waals surface area contributed by atoms with Gasteiger partial charge < -0.3 is 24.8 Å². The number of hydrogen-bond acceptors (Lipinski definition) is 7. The van der Waals surface area contributed by atoms with Gasteiger partial charge in [0, 0.05) is 48.9 Å². The third-order valence-corrected chi connectivity index (χ3v) is 8.60. The van der Waals surface area contributed by atoms with Crippen LogP contribution < -0.4 is 15.0 Å². The first-order valence-corrected chi connectivity index (χ1v) is 13.6. The number of methoxy groups -OCH3 is 1. The van der Waals surface area contributed by atoms with Crippen LogP contribution in [-0.2, 0) is 19.4 Å². The fourth-order valence-electron chi connectivity index (χ4n) is 5.52. The summed E-state index contributed by atoms with van der Waals surface area (Å²) >= 11 is 1.71. The molecule has 1 N–H and O–H groups in total. The normalized spacial score (nSPS) is 18.1. The van der Waals surface area contributed by atoms with Crippen LogP contribution in [0.3, 0.4) is 0 Å². The van der Waals surface area contributed by atoms with Crippen LogP contribution in [-0.4, -0.2) is 71.0 Å². The van der Waals surface area contributed by atoms with Gasteiger partial charge in [0.25, 0.3) is 5.91 Å². The molecular formula is C27H30N6O3S. The molecule has 0 aliphatic carbocycles. The summed E-state index contributed by atoms with van der Waals surface area (Å²) in [4.78, 5) is 42.3. The van der Waals surface area contributed by atoms with Gasteiger partial charge in [0.15, 0.2) is 0 Å². The number of thiophene rings is 1. The SMILES string of the molecule is COc1ccc2c(c1)CCN(C1CCN(c3cc(C(=O)N4CCc5ccsc5C4)ncn3)CC1)C(=O)N2. The van der Waals surface area contributed by atoms with Gasteiger partial charge in [-0.3, -0.25) is 4.79 Å². The van der Waals surface area contributed by atoms with Gasteiger partial charge in [0.2, 0.25) is 0 Å². The van der Waals surface area contributed by atoms with Gasteiger partial charge in [-0.2, -0.15) is 0 Å². The van der Waals surface area contributed by atoms with Crippen molar-refractivity contribution in [2.75, 3.05) is 43.5 Å². The Morgan fingerprint density at radius 2 is 1.89 bits per heavy atom. The lowest BCUT2D eigenvalue weighted by Gasteiger charge is -2.38. The number of piperidine rings is 1. The fraction of sp³-hybridized carbons (Fsp3) is 0.407. The molecule has 192 valence electrons. The Kier molecular flexibility index (Phi) is 6.42. The molecule has 3 aromatic rings. The van der Waals surface area contributed by atoms with Crippen LogP contribution in [0.2, 0.25) is 0 Å². The van der Waals surface area contributed by atoms with E-state index in [4.69, 9.17) is 4.74 Å². The summed E-state index contributed by atoms with van der Waals surface area (Å²) in [7, 11) is 1.65. The topological polar surface area (TPSA) is 90.9 Å². The number of nitrogens with one attached hydrogen (secondary N) is 1. The minimum atomic E-state index is -0.0484. The van der Waals surface area contributed by atoms with Gasteiger partial charge in [0.05, 0.1) is 13.7 Å². The largest absolute Gasteiger partial charge is 0.497 e. The van der Waals surface area contributed by atoms with Gasteiger partial charge in [-0.1, -0.05) is 0 Å². The molecule has 3 amide bonds. The van der Waals surface area contributed by atoms with Crippen molar-refractivity contribution in [3.8, 4) is 5.75 Å². The number of rotatable bonds is 4. The van der Waals surface area contributed by atoms with Crippen molar-refractivity contribution >= 4 is 34.8 Å². The molecule has 0 spiro atoms. The second kappa shape index (κ2) is 10.0. The summed E-state index contributed by atoms with van der Waals surface area (Å²) in [5.74, 6) is 1.52. The molecule has 5 heterocycles. The fourth-order valence-corrected chi connectivity index (χ4v) is 6.47. The van der Waals surface area contributed by atoms with Gasteiger partial charge in [-0.25, -0.2) is 14.8 Å². The zero-order valence-corrected chi connectivity index (χ0v) is 21.7. The molecule has 10 heteroatoms. The predicted octanol–water partition coefficient (Wildman–Crippen LogP) is 3.80. The molecule has 3 aliphatic heterocycles. The predicted molar refractivity (Wildman–Crippen MR) is 142 cm³/mol. The van der Waals surface area contributed by atoms with E-state index in [2.05, 4.69) is 31.6 Å². The monoisotopic (exact) mass is 518 g/mol. The molecule has 0 radical (unpaired) electrons. The van der Waals surface area contributed by atoms with Crippen LogP contribution >= 0.6 is 11.3 Å². The molecule has 37 heavy (non-hydrogen) atoms. The smallest absolute Gasteiger partial charge is 0.322 e. The highest BCUT2D eigenvalue weighted by Gasteiger charge is 2.31. The lowest BCUT2D eigenvalue weighted by molar-refractivity contribution is 0.0731. The van der Waals surface area contributed by atoms with Crippen LogP contribution in [0, 0.1) is 0 Å². The third-order valence-electron chi connectivity index (χ3n) is 7.65. The summed E-state index contributed by atoms with van der Waals surface area (Å²) in [5.41, 5.74) is 3.73. The van der Waals surface area contributed by atoms with Crippen molar-refractivity contribution in [1.82, 2.24) is 19.8 Å². The lowest BCUT2D eigenvalue weighted by Crippen LogP contribution is -2.49. The molecule has 0 unspecified atom stereocenters. The highest BCUT2D eigenvalue weighted by Crippen LogP contribution is 2.29. The number of benzene rings is 1. The van der Waals surface area contributed by atoms with E-state index in [0.29, 0.717) is 25.3 Å². The molecule has 0 atom stereocenters. The first kappa shape index (κ1) is 23.7. The molecule has 6 rings (SSSR count). The maximum atomic E-state index is 13.2. The van der Waals surface area contributed by atoms with E-state index < -0.39 is 0 Å². The zero-order chi connectivity index (χ0) is 25.4. The van der Waals surface area contributed by atoms with Crippen molar-refractivity contribution < 1.29 is 14.3 Å². The average Bonchev–Trinajstić information content (AvgIpc) is 3.35. The average molecular weight is 519 g/mol. The van der Waals surface area contributed by atoms with Gasteiger partial charge in [-0.15, -0.1) is 11.3 Å². The Morgan fingerprint density at radius 3 is 2.73 bits per heavy atom. The summed E-state index contributed by atoms with van der Waals surface area (Å²) in [5, 5.41) is 5.17. The Morgan fingerprint density at radius 1 is 1.05 bits per heavy atom. The Hall–Kier alpha value is -3.66. The van der Waals surface area contributed by atoms with Gasteiger partial charge in [-0.05, 0) is 66.5 Å². The van der Waals surface area contributed by atoms with Crippen LogP contribution in [0.25, 0.3) is 0 Å². The minimum absolute atomic E-state index is 0.0463. The van der Waals surface area contributed by atoms with Crippen LogP contribution in [0.15, 0.2) is 42.0 Å². The van der Waals surface area contributed by atoms with Gasteiger partial charge >= 0.3 is 6.03 Å². The van der Waals surface area contributed by atoms with Crippen molar-refractivity contribution in [1.29, 1.82) is 0 Å². The second-order valence-electron chi connectivity index (χ2n) is 9.72. The Bertz CT molecular complexity index is 1320. The molecule has 1 aromatic carbocycles. The van der Waals surface area contributed by atoms with Crippen molar-refractivity contribution in [2.24, 2.45) is 0 Å². The maximum absolute atomic E-state index is 13.2. The van der Waals surface area contributed by atoms with Crippen molar-refractivity contribution in [3.63, 3.8) is 0 Å². The van der Waals surface area contributed by atoms with Gasteiger partial charge in [0.1, 0.15) is 23.6 Å². The molecule has 1 fully saturated rings. The molecule has 0 bridgehead atoms. The quantitative estimate of drug-likeness (QED) is 0.565. The first-order valence-electron chi connectivity index (χ1n) is 12.7. The van der Waals surface area contributed by atoms with Crippen LogP contribution in [0.5, 0.6) is 5.75 Å². The maximum Gasteiger partial charge on any atom is 0.322 e. The molecule has 3 aliphatic rings. The number of carbonyl (C=O) groups excluding carboxylic acids is 2. The van der Waals surface area contributed by atoms with Crippen molar-refractivity contribution in [3.05, 3.63) is 63.7 Å². The number of amides is 3. The highest BCUT2D eigenvalue weighted by atomic mass is 32.1. The molecular weight excluding hydrogens is 488 g/mol. The number of carbonyl (C=O) groups is 2. The zero-order valence-electron chi connectivity index (χ0n) is 20.9. The van der Waals surface area contributed by atoms with E-state index in [1.807, 2.05) is 34.1 Å². The molecule has 2 aromatic heterocycles. The number of ether oxygens (including phenoxy) is 1. The minimum Gasteiger partial charge on any atom is -0.497 e. The Labute approximate surface area is 220 Å². The van der Waals surface area contributed by atoms with E-state index >= 15 is 0 Å². The number of anilines is 2. The summed E-state index contributed by atoms with van der Waals surface area (Å²) < 4.78 is 5.35. The molecule has 0 saturated carbocycles. The van der Waals surface area contributed by atoms with Crippen LogP contribution in [0.1, 0.15) is 39.3 Å². The summed E-state index contributed by atoms with van der Waals surface area (Å²) in [6.45, 7) is 3.56. The standard InChI is InChI=1S/C27H30N6O3S/c1-36-21-2-3-22-19(14-21)5-12-33(27(35)30-22)20-6-10-31(11-7-20)25-15-23(28-17-29-25)26(34)32-9-4-18-8-13-37-24(18)16-32/h2-3,8,13-15,17,20H,4-7,9-12,16H2,1H3,(H,30,35). The van der Waals surface area contributed by atoms with E-state index in [0.717, 1.165) is 61.6 Å². The second-order valence-corrected chi connectivity index (χ2v) is 10.7. The highest BCUT2D eigenvalue weighted by molar-refractivity contribution is 7.10. The van der Waals surface area contributed by atoms with E-state index in [1.165, 1.54) is 16.8 Å². The number of urea groups is 1. The van der Waals surface area contributed by atoms with E-state index in [-0.39, 0.29) is 18.0 Å². The van der Waals surface area contributed by atoms with Crippen LogP contribution in [0.4, 0.5) is 16.3 Å². The number of fused-ring (bicyclic) bond motifs is 2. The number of aromatic nitrogens is 2. The van der Waals surface area contributed by atoms with E-state index in [9.17, 15) is 9.59 Å². The summed E-state index contributed by atoms with van der Waals surface area (Å²) in [6, 6.07) is 9.86. The number of hydrogen-bond donors (Lipinski definition) is 1. The third kappa shape index (κ3) is 4.73. The molecule has 1 saturated heterocycles. The van der Waals surface area contributed by atoms with E-state index in [1.54, 1.807) is 18.4 Å². The number of nitrogens with zero attached hydrogens (tertiary/aromatic N) is 5.